The molecule has 1 aromatic heterocycles. The van der Waals surface area contributed by atoms with E-state index in [9.17, 15) is 19.2 Å². The number of amides is 3. The summed E-state index contributed by atoms with van der Waals surface area (Å²) in [5.74, 6) is -1.21. The molecule has 3 aromatic carbocycles. The predicted octanol–water partition coefficient (Wildman–Crippen LogP) is 5.01. The first-order chi connectivity index (χ1) is 20.3. The van der Waals surface area contributed by atoms with Crippen LogP contribution in [0.3, 0.4) is 0 Å². The van der Waals surface area contributed by atoms with Gasteiger partial charge in [-0.3, -0.25) is 23.7 Å². The number of nitrogens with one attached hydrogen (secondary N) is 1. The summed E-state index contributed by atoms with van der Waals surface area (Å²) in [6.45, 7) is -0.253. The van der Waals surface area contributed by atoms with Crippen molar-refractivity contribution in [3.05, 3.63) is 97.9 Å². The molecule has 2 aliphatic rings. The Morgan fingerprint density at radius 3 is 2.12 bits per heavy atom. The Kier molecular flexibility index (Phi) is 7.56. The lowest BCUT2D eigenvalue weighted by molar-refractivity contribution is -0.122. The maximum absolute atomic E-state index is 14.0. The Hall–Kier alpha value is -4.06. The molecule has 12 heteroatoms. The minimum atomic E-state index is -0.793. The maximum atomic E-state index is 14.0. The van der Waals surface area contributed by atoms with Gasteiger partial charge in [0.15, 0.2) is 0 Å². The largest absolute Gasteiger partial charge is 0.497 e. The summed E-state index contributed by atoms with van der Waals surface area (Å²) in [7, 11) is 3.10. The van der Waals surface area contributed by atoms with Crippen molar-refractivity contribution < 1.29 is 23.9 Å². The molecular formula is C30H24ClN3O6S2. The number of anilines is 2. The average molecular weight is 622 g/mol. The molecule has 1 saturated heterocycles. The molecule has 9 nitrogen and oxygen atoms in total. The molecule has 2 aliphatic heterocycles. The summed E-state index contributed by atoms with van der Waals surface area (Å²) < 4.78 is 11.9. The van der Waals surface area contributed by atoms with Gasteiger partial charge in [0, 0.05) is 21.5 Å². The van der Waals surface area contributed by atoms with E-state index in [1.807, 2.05) is 12.1 Å². The van der Waals surface area contributed by atoms with Gasteiger partial charge in [-0.05, 0) is 66.2 Å². The van der Waals surface area contributed by atoms with Crippen LogP contribution in [-0.4, -0.2) is 41.8 Å². The van der Waals surface area contributed by atoms with Gasteiger partial charge in [0.25, 0.3) is 0 Å². The topological polar surface area (TPSA) is 107 Å². The van der Waals surface area contributed by atoms with E-state index in [2.05, 4.69) is 5.32 Å². The second kappa shape index (κ2) is 11.3. The molecule has 214 valence electrons. The number of hydrogen-bond acceptors (Lipinski definition) is 8. The highest BCUT2D eigenvalue weighted by Crippen LogP contribution is 2.54. The molecule has 3 unspecified atom stereocenters. The second-order valence-electron chi connectivity index (χ2n) is 9.70. The summed E-state index contributed by atoms with van der Waals surface area (Å²) in [5, 5.41) is 3.03. The normalized spacial score (nSPS) is 19.3. The second-order valence-corrected chi connectivity index (χ2v) is 12.3. The van der Waals surface area contributed by atoms with E-state index >= 15 is 0 Å². The number of halogens is 1. The number of thiazole rings is 1. The van der Waals surface area contributed by atoms with Crippen molar-refractivity contribution in [2.24, 2.45) is 5.92 Å². The first kappa shape index (κ1) is 28.1. The van der Waals surface area contributed by atoms with Crippen LogP contribution in [-0.2, 0) is 20.9 Å². The number of fused-ring (bicyclic) bond motifs is 2. The van der Waals surface area contributed by atoms with Crippen LogP contribution in [0.25, 0.3) is 0 Å². The Morgan fingerprint density at radius 2 is 1.50 bits per heavy atom. The number of thioether (sulfide) groups is 1. The van der Waals surface area contributed by atoms with Gasteiger partial charge >= 0.3 is 4.87 Å². The van der Waals surface area contributed by atoms with Crippen molar-refractivity contribution in [3.8, 4) is 11.5 Å². The van der Waals surface area contributed by atoms with Crippen molar-refractivity contribution in [2.45, 2.75) is 22.7 Å². The van der Waals surface area contributed by atoms with Crippen LogP contribution in [0.5, 0.6) is 11.5 Å². The van der Waals surface area contributed by atoms with Gasteiger partial charge in [-0.1, -0.05) is 46.8 Å². The molecule has 0 spiro atoms. The number of nitrogens with zero attached hydrogens (tertiary/aromatic N) is 2. The minimum absolute atomic E-state index is 0.253. The van der Waals surface area contributed by atoms with Crippen molar-refractivity contribution >= 4 is 63.8 Å². The molecule has 42 heavy (non-hydrogen) atoms. The molecule has 1 fully saturated rings. The molecule has 0 saturated carbocycles. The monoisotopic (exact) mass is 621 g/mol. The Balaban J connectivity index is 1.40. The van der Waals surface area contributed by atoms with Crippen molar-refractivity contribution in [1.29, 1.82) is 0 Å². The number of methoxy groups -OCH3 is 2. The lowest BCUT2D eigenvalue weighted by Crippen LogP contribution is -2.33. The lowest BCUT2D eigenvalue weighted by atomic mass is 9.83. The van der Waals surface area contributed by atoms with Crippen molar-refractivity contribution in [2.75, 3.05) is 24.4 Å². The van der Waals surface area contributed by atoms with E-state index in [0.29, 0.717) is 37.8 Å². The molecule has 0 aliphatic carbocycles. The van der Waals surface area contributed by atoms with Gasteiger partial charge in [0.2, 0.25) is 17.7 Å². The fraction of sp³-hybridized carbons (Fsp3) is 0.200. The summed E-state index contributed by atoms with van der Waals surface area (Å²) in [4.78, 5) is 55.7. The smallest absolute Gasteiger partial charge is 0.308 e. The third-order valence-corrected chi connectivity index (χ3v) is 10.1. The SMILES string of the molecule is COc1ccc(C2c3sc(=O)n(CC(=O)Nc4ccc(Cl)cc4)c3SC3C(=O)N(c4ccc(OC)cc4)C(=O)C32)cc1. The van der Waals surface area contributed by atoms with Gasteiger partial charge in [0.05, 0.1) is 30.9 Å². The first-order valence-corrected chi connectivity index (χ1v) is 15.0. The molecule has 3 atom stereocenters. The predicted molar refractivity (Wildman–Crippen MR) is 162 cm³/mol. The van der Waals surface area contributed by atoms with Gasteiger partial charge in [0.1, 0.15) is 23.3 Å². The van der Waals surface area contributed by atoms with Gasteiger partial charge in [-0.2, -0.15) is 0 Å². The zero-order chi connectivity index (χ0) is 29.5. The van der Waals surface area contributed by atoms with Crippen molar-refractivity contribution in [3.63, 3.8) is 0 Å². The Morgan fingerprint density at radius 1 is 0.881 bits per heavy atom. The quantitative estimate of drug-likeness (QED) is 0.289. The van der Waals surface area contributed by atoms with E-state index in [-0.39, 0.29) is 23.2 Å². The van der Waals surface area contributed by atoms with Crippen molar-refractivity contribution in [1.82, 2.24) is 4.57 Å². The highest BCUT2D eigenvalue weighted by atomic mass is 35.5. The average Bonchev–Trinajstić information content (AvgIpc) is 3.44. The fourth-order valence-electron chi connectivity index (χ4n) is 5.29. The van der Waals surface area contributed by atoms with Crippen LogP contribution >= 0.6 is 34.7 Å². The summed E-state index contributed by atoms with van der Waals surface area (Å²) in [5.41, 5.74) is 1.75. The summed E-state index contributed by atoms with van der Waals surface area (Å²) >= 11 is 8.10. The first-order valence-electron chi connectivity index (χ1n) is 12.9. The fourth-order valence-corrected chi connectivity index (χ4v) is 8.19. The number of rotatable bonds is 7. The highest BCUT2D eigenvalue weighted by molar-refractivity contribution is 8.00. The van der Waals surface area contributed by atoms with Gasteiger partial charge in [-0.25, -0.2) is 4.90 Å². The van der Waals surface area contributed by atoms with E-state index < -0.39 is 23.0 Å². The number of imide groups is 1. The summed E-state index contributed by atoms with van der Waals surface area (Å²) in [6, 6.07) is 20.6. The van der Waals surface area contributed by atoms with Crippen LogP contribution in [0.2, 0.25) is 5.02 Å². The molecule has 3 heterocycles. The van der Waals surface area contributed by atoms with Crippen LogP contribution < -0.4 is 24.6 Å². The zero-order valence-electron chi connectivity index (χ0n) is 22.4. The van der Waals surface area contributed by atoms with E-state index in [1.165, 1.54) is 9.47 Å². The zero-order valence-corrected chi connectivity index (χ0v) is 24.8. The standard InChI is InChI=1S/C30H24ClN3O6S2/c1-39-20-11-3-16(4-12-20)23-24-25(28(37)34(27(24)36)19-9-13-21(40-2)14-10-19)41-29-26(23)42-30(38)33(29)15-22(35)32-18-7-5-17(31)6-8-18/h3-14,23-25H,15H2,1-2H3,(H,32,35). The number of ether oxygens (including phenoxy) is 2. The molecule has 4 aromatic rings. The van der Waals surface area contributed by atoms with Gasteiger partial charge in [-0.15, -0.1) is 0 Å². The molecule has 6 rings (SSSR count). The molecule has 0 radical (unpaired) electrons. The lowest BCUT2D eigenvalue weighted by Gasteiger charge is -2.30. The number of hydrogen-bond donors (Lipinski definition) is 1. The van der Waals surface area contributed by atoms with Crippen LogP contribution in [0.15, 0.2) is 82.6 Å². The summed E-state index contributed by atoms with van der Waals surface area (Å²) in [6.07, 6.45) is 0. The minimum Gasteiger partial charge on any atom is -0.497 e. The number of carbonyl (C=O) groups is 3. The van der Waals surface area contributed by atoms with Crippen LogP contribution in [0.4, 0.5) is 11.4 Å². The molecular weight excluding hydrogens is 598 g/mol. The number of aromatic nitrogens is 1. The van der Waals surface area contributed by atoms with E-state index in [0.717, 1.165) is 28.7 Å². The van der Waals surface area contributed by atoms with Gasteiger partial charge < -0.3 is 14.8 Å². The van der Waals surface area contributed by atoms with Crippen LogP contribution in [0, 0.1) is 5.92 Å². The highest BCUT2D eigenvalue weighted by Gasteiger charge is 2.56. The van der Waals surface area contributed by atoms with E-state index in [4.69, 9.17) is 21.1 Å². The molecule has 0 bridgehead atoms. The molecule has 3 amide bonds. The number of carbonyl (C=O) groups excluding carboxylic acids is 3. The molecule has 1 N–H and O–H groups in total. The maximum Gasteiger partial charge on any atom is 0.308 e. The number of benzene rings is 3. The van der Waals surface area contributed by atoms with E-state index in [1.54, 1.807) is 74.9 Å². The Labute approximate surface area is 254 Å². The third kappa shape index (κ3) is 4.97. The van der Waals surface area contributed by atoms with Crippen LogP contribution in [0.1, 0.15) is 16.4 Å². The third-order valence-electron chi connectivity index (χ3n) is 7.28. The Bertz CT molecular complexity index is 1730.